The lowest BCUT2D eigenvalue weighted by atomic mass is 9.74. The SMILES string of the molecule is CO[C@@H]1CCN(C(=O)C2CCCCC2(C)N)C1. The molecule has 2 fully saturated rings. The number of carbonyl (C=O) groups excluding carboxylic acids is 1. The van der Waals surface area contributed by atoms with E-state index in [1.807, 2.05) is 11.8 Å². The first-order chi connectivity index (χ1) is 8.04. The third kappa shape index (κ3) is 2.63. The first-order valence-electron chi connectivity index (χ1n) is 6.65. The lowest BCUT2D eigenvalue weighted by Gasteiger charge is -2.39. The summed E-state index contributed by atoms with van der Waals surface area (Å²) < 4.78 is 5.31. The molecule has 2 rings (SSSR count). The van der Waals surface area contributed by atoms with Crippen LogP contribution >= 0.6 is 0 Å². The molecule has 98 valence electrons. The maximum absolute atomic E-state index is 12.5. The molecule has 1 saturated carbocycles. The summed E-state index contributed by atoms with van der Waals surface area (Å²) >= 11 is 0. The van der Waals surface area contributed by atoms with E-state index in [0.29, 0.717) is 0 Å². The van der Waals surface area contributed by atoms with Crippen LogP contribution in [0.1, 0.15) is 39.0 Å². The number of ether oxygens (including phenoxy) is 1. The van der Waals surface area contributed by atoms with Gasteiger partial charge in [-0.1, -0.05) is 12.8 Å². The summed E-state index contributed by atoms with van der Waals surface area (Å²) in [7, 11) is 1.71. The highest BCUT2D eigenvalue weighted by molar-refractivity contribution is 5.80. The zero-order valence-electron chi connectivity index (χ0n) is 10.9. The summed E-state index contributed by atoms with van der Waals surface area (Å²) in [5.41, 5.74) is 5.96. The van der Waals surface area contributed by atoms with Gasteiger partial charge in [0.25, 0.3) is 0 Å². The van der Waals surface area contributed by atoms with Gasteiger partial charge in [0.15, 0.2) is 0 Å². The Balaban J connectivity index is 1.99. The number of hydrogen-bond donors (Lipinski definition) is 1. The fourth-order valence-electron chi connectivity index (χ4n) is 3.11. The predicted molar refractivity (Wildman–Crippen MR) is 66.5 cm³/mol. The number of nitrogens with two attached hydrogens (primary N) is 1. The van der Waals surface area contributed by atoms with Gasteiger partial charge in [-0.05, 0) is 26.2 Å². The average Bonchev–Trinajstić information content (AvgIpc) is 2.76. The van der Waals surface area contributed by atoms with Crippen LogP contribution in [0, 0.1) is 5.92 Å². The number of hydrogen-bond acceptors (Lipinski definition) is 3. The van der Waals surface area contributed by atoms with Gasteiger partial charge in [-0.2, -0.15) is 0 Å². The second-order valence-electron chi connectivity index (χ2n) is 5.73. The number of carbonyl (C=O) groups is 1. The molecule has 1 heterocycles. The Morgan fingerprint density at radius 1 is 1.41 bits per heavy atom. The van der Waals surface area contributed by atoms with Crippen LogP contribution in [0.2, 0.25) is 0 Å². The molecule has 1 aliphatic carbocycles. The Kier molecular flexibility index (Phi) is 3.73. The first-order valence-corrected chi connectivity index (χ1v) is 6.65. The lowest BCUT2D eigenvalue weighted by molar-refractivity contribution is -0.138. The Labute approximate surface area is 103 Å². The summed E-state index contributed by atoms with van der Waals surface area (Å²) in [4.78, 5) is 14.4. The van der Waals surface area contributed by atoms with Gasteiger partial charge in [0.05, 0.1) is 12.0 Å². The fourth-order valence-corrected chi connectivity index (χ4v) is 3.11. The summed E-state index contributed by atoms with van der Waals surface area (Å²) in [5.74, 6) is 0.251. The molecule has 2 aliphatic rings. The van der Waals surface area contributed by atoms with E-state index >= 15 is 0 Å². The van der Waals surface area contributed by atoms with Crippen LogP contribution in [-0.4, -0.2) is 42.6 Å². The van der Waals surface area contributed by atoms with Crippen molar-refractivity contribution in [3.63, 3.8) is 0 Å². The maximum atomic E-state index is 12.5. The molecule has 0 aromatic heterocycles. The van der Waals surface area contributed by atoms with Crippen LogP contribution in [0.5, 0.6) is 0 Å². The third-order valence-electron chi connectivity index (χ3n) is 4.34. The van der Waals surface area contributed by atoms with Crippen molar-refractivity contribution in [3.05, 3.63) is 0 Å². The van der Waals surface area contributed by atoms with Crippen molar-refractivity contribution < 1.29 is 9.53 Å². The molecule has 2 N–H and O–H groups in total. The Hall–Kier alpha value is -0.610. The van der Waals surface area contributed by atoms with E-state index in [1.165, 1.54) is 0 Å². The van der Waals surface area contributed by atoms with Crippen LogP contribution in [0.4, 0.5) is 0 Å². The fraction of sp³-hybridized carbons (Fsp3) is 0.923. The summed E-state index contributed by atoms with van der Waals surface area (Å²) in [6.07, 6.45) is 5.36. The number of likely N-dealkylation sites (tertiary alicyclic amines) is 1. The minimum absolute atomic E-state index is 0.00635. The van der Waals surface area contributed by atoms with Gasteiger partial charge in [-0.15, -0.1) is 0 Å². The molecule has 1 aliphatic heterocycles. The van der Waals surface area contributed by atoms with Gasteiger partial charge >= 0.3 is 0 Å². The average molecular weight is 240 g/mol. The second kappa shape index (κ2) is 4.94. The molecule has 2 unspecified atom stereocenters. The zero-order chi connectivity index (χ0) is 12.5. The molecule has 0 aromatic carbocycles. The molecule has 0 bridgehead atoms. The smallest absolute Gasteiger partial charge is 0.227 e. The number of amides is 1. The minimum atomic E-state index is -0.319. The van der Waals surface area contributed by atoms with E-state index in [4.69, 9.17) is 10.5 Å². The van der Waals surface area contributed by atoms with E-state index in [9.17, 15) is 4.79 Å². The molecular weight excluding hydrogens is 216 g/mol. The standard InChI is InChI=1S/C13H24N2O2/c1-13(14)7-4-3-5-11(13)12(16)15-8-6-10(9-15)17-2/h10-11H,3-9,14H2,1-2H3/t10-,11?,13?/m1/s1. The van der Waals surface area contributed by atoms with Crippen molar-refractivity contribution in [2.24, 2.45) is 11.7 Å². The molecule has 0 radical (unpaired) electrons. The molecule has 0 spiro atoms. The molecule has 1 saturated heterocycles. The van der Waals surface area contributed by atoms with Crippen LogP contribution < -0.4 is 5.73 Å². The highest BCUT2D eigenvalue weighted by Gasteiger charge is 2.41. The van der Waals surface area contributed by atoms with E-state index in [-0.39, 0.29) is 23.5 Å². The van der Waals surface area contributed by atoms with Crippen LogP contribution in [0.25, 0.3) is 0 Å². The molecule has 1 amide bonds. The highest BCUT2D eigenvalue weighted by atomic mass is 16.5. The van der Waals surface area contributed by atoms with Crippen molar-refractivity contribution in [3.8, 4) is 0 Å². The van der Waals surface area contributed by atoms with Gasteiger partial charge in [0, 0.05) is 25.7 Å². The van der Waals surface area contributed by atoms with E-state index in [2.05, 4.69) is 0 Å². The monoisotopic (exact) mass is 240 g/mol. The van der Waals surface area contributed by atoms with Gasteiger partial charge in [-0.3, -0.25) is 4.79 Å². The topological polar surface area (TPSA) is 55.6 Å². The second-order valence-corrected chi connectivity index (χ2v) is 5.73. The van der Waals surface area contributed by atoms with E-state index in [1.54, 1.807) is 7.11 Å². The molecule has 4 heteroatoms. The Morgan fingerprint density at radius 3 is 2.76 bits per heavy atom. The van der Waals surface area contributed by atoms with Gasteiger partial charge in [-0.25, -0.2) is 0 Å². The summed E-state index contributed by atoms with van der Waals surface area (Å²) in [6, 6.07) is 0. The predicted octanol–water partition coefficient (Wildman–Crippen LogP) is 1.14. The number of nitrogens with zero attached hydrogens (tertiary/aromatic N) is 1. The normalized spacial score (nSPS) is 38.4. The van der Waals surface area contributed by atoms with Gasteiger partial charge in [0.1, 0.15) is 0 Å². The van der Waals surface area contributed by atoms with Crippen LogP contribution in [0.3, 0.4) is 0 Å². The number of rotatable bonds is 2. The van der Waals surface area contributed by atoms with Crippen molar-refractivity contribution in [1.82, 2.24) is 4.90 Å². The lowest BCUT2D eigenvalue weighted by Crippen LogP contribution is -2.53. The Bertz CT molecular complexity index is 291. The minimum Gasteiger partial charge on any atom is -0.380 e. The van der Waals surface area contributed by atoms with Gasteiger partial charge in [0.2, 0.25) is 5.91 Å². The molecule has 3 atom stereocenters. The summed E-state index contributed by atoms with van der Waals surface area (Å²) in [5, 5.41) is 0. The number of methoxy groups -OCH3 is 1. The maximum Gasteiger partial charge on any atom is 0.227 e. The molecular formula is C13H24N2O2. The zero-order valence-corrected chi connectivity index (χ0v) is 10.9. The summed E-state index contributed by atoms with van der Waals surface area (Å²) in [6.45, 7) is 3.59. The van der Waals surface area contributed by atoms with Crippen molar-refractivity contribution >= 4 is 5.91 Å². The molecule has 4 nitrogen and oxygen atoms in total. The third-order valence-corrected chi connectivity index (χ3v) is 4.34. The largest absolute Gasteiger partial charge is 0.380 e. The Morgan fingerprint density at radius 2 is 2.18 bits per heavy atom. The van der Waals surface area contributed by atoms with Crippen molar-refractivity contribution in [2.75, 3.05) is 20.2 Å². The molecule has 0 aromatic rings. The highest BCUT2D eigenvalue weighted by Crippen LogP contribution is 2.33. The quantitative estimate of drug-likeness (QED) is 0.787. The van der Waals surface area contributed by atoms with E-state index < -0.39 is 0 Å². The first kappa shape index (κ1) is 12.8. The van der Waals surface area contributed by atoms with Crippen LogP contribution in [0.15, 0.2) is 0 Å². The van der Waals surface area contributed by atoms with Crippen LogP contribution in [-0.2, 0) is 9.53 Å². The molecule has 17 heavy (non-hydrogen) atoms. The van der Waals surface area contributed by atoms with Crippen molar-refractivity contribution in [2.45, 2.75) is 50.7 Å². The van der Waals surface area contributed by atoms with Gasteiger partial charge < -0.3 is 15.4 Å². The van der Waals surface area contributed by atoms with Crippen molar-refractivity contribution in [1.29, 1.82) is 0 Å². The van der Waals surface area contributed by atoms with E-state index in [0.717, 1.165) is 45.2 Å².